The molecule has 0 aliphatic carbocycles. The smallest absolute Gasteiger partial charge is 0.0889 e. The lowest BCUT2D eigenvalue weighted by Crippen LogP contribution is -3.11. The summed E-state index contributed by atoms with van der Waals surface area (Å²) in [6.45, 7) is 7.36. The van der Waals surface area contributed by atoms with Crippen molar-refractivity contribution in [3.63, 3.8) is 0 Å². The fourth-order valence-corrected chi connectivity index (χ4v) is 3.18. The predicted molar refractivity (Wildman–Crippen MR) is 52.4 cm³/mol. The van der Waals surface area contributed by atoms with Crippen molar-refractivity contribution in [2.75, 3.05) is 20.1 Å². The van der Waals surface area contributed by atoms with Crippen molar-refractivity contribution in [3.05, 3.63) is 0 Å². The lowest BCUT2D eigenvalue weighted by atomic mass is 10.1. The number of hydrogen-bond donors (Lipinski definition) is 1. The topological polar surface area (TPSA) is 4.44 Å². The van der Waals surface area contributed by atoms with Crippen LogP contribution in [0.5, 0.6) is 0 Å². The average molecular weight is 174 g/mol. The van der Waals surface area contributed by atoms with Crippen LogP contribution in [-0.4, -0.2) is 30.6 Å². The summed E-state index contributed by atoms with van der Waals surface area (Å²) in [4.78, 5) is 1.72. The molecule has 0 spiro atoms. The molecule has 1 heterocycles. The summed E-state index contributed by atoms with van der Waals surface area (Å²) < 4.78 is 0. The van der Waals surface area contributed by atoms with Crippen molar-refractivity contribution in [2.45, 2.75) is 37.2 Å². The summed E-state index contributed by atoms with van der Waals surface area (Å²) in [5.74, 6) is 0. The Kier molecular flexibility index (Phi) is 3.73. The van der Waals surface area contributed by atoms with Crippen molar-refractivity contribution in [1.82, 2.24) is 0 Å². The molecule has 1 aliphatic rings. The molecule has 0 saturated carbocycles. The third kappa shape index (κ3) is 3.48. The minimum Gasteiger partial charge on any atom is -0.336 e. The van der Waals surface area contributed by atoms with Crippen molar-refractivity contribution in [2.24, 2.45) is 0 Å². The molecule has 0 aromatic rings. The van der Waals surface area contributed by atoms with Crippen LogP contribution in [0.4, 0.5) is 0 Å². The summed E-state index contributed by atoms with van der Waals surface area (Å²) in [5.41, 5.74) is 0. The molecule has 0 aromatic carbocycles. The van der Waals surface area contributed by atoms with E-state index in [1.807, 2.05) is 0 Å². The van der Waals surface area contributed by atoms with Gasteiger partial charge in [-0.2, -0.15) is 0 Å². The highest BCUT2D eigenvalue weighted by Crippen LogP contribution is 2.21. The Morgan fingerprint density at radius 2 is 2.18 bits per heavy atom. The molecule has 66 valence electrons. The standard InChI is InChI=1S/C9H19NS/c1-8(2)11-9-5-4-6-10(3)7-9/h8-9H,4-7H2,1-3H3/p+1. The van der Waals surface area contributed by atoms with Crippen LogP contribution in [0, 0.1) is 0 Å². The monoisotopic (exact) mass is 174 g/mol. The number of hydrogen-bond acceptors (Lipinski definition) is 1. The fourth-order valence-electron chi connectivity index (χ4n) is 1.73. The zero-order valence-corrected chi connectivity index (χ0v) is 8.71. The molecule has 1 fully saturated rings. The minimum atomic E-state index is 0.811. The molecule has 0 radical (unpaired) electrons. The van der Waals surface area contributed by atoms with Crippen LogP contribution >= 0.6 is 11.8 Å². The van der Waals surface area contributed by atoms with Gasteiger partial charge in [0.15, 0.2) is 0 Å². The fraction of sp³-hybridized carbons (Fsp3) is 1.00. The largest absolute Gasteiger partial charge is 0.336 e. The van der Waals surface area contributed by atoms with Crippen LogP contribution in [0.15, 0.2) is 0 Å². The van der Waals surface area contributed by atoms with E-state index in [4.69, 9.17) is 0 Å². The second-order valence-electron chi connectivity index (χ2n) is 3.86. The van der Waals surface area contributed by atoms with Gasteiger partial charge in [0.1, 0.15) is 0 Å². The third-order valence-corrected chi connectivity index (χ3v) is 3.50. The van der Waals surface area contributed by atoms with Crippen LogP contribution in [0.2, 0.25) is 0 Å². The van der Waals surface area contributed by atoms with Crippen LogP contribution in [0.25, 0.3) is 0 Å². The normalized spacial score (nSPS) is 32.7. The summed E-state index contributed by atoms with van der Waals surface area (Å²) in [7, 11) is 2.31. The number of nitrogens with one attached hydrogen (secondary N) is 1. The zero-order valence-electron chi connectivity index (χ0n) is 7.89. The second kappa shape index (κ2) is 4.36. The second-order valence-corrected chi connectivity index (χ2v) is 5.74. The molecular formula is C9H20NS+. The zero-order chi connectivity index (χ0) is 8.27. The lowest BCUT2D eigenvalue weighted by Gasteiger charge is -2.27. The first-order chi connectivity index (χ1) is 5.18. The molecule has 1 saturated heterocycles. The van der Waals surface area contributed by atoms with Gasteiger partial charge in [-0.15, -0.1) is 11.8 Å². The van der Waals surface area contributed by atoms with E-state index in [0.717, 1.165) is 10.5 Å². The van der Waals surface area contributed by atoms with Gasteiger partial charge in [0, 0.05) is 0 Å². The Hall–Kier alpha value is 0.310. The Labute approximate surface area is 74.5 Å². The highest BCUT2D eigenvalue weighted by molar-refractivity contribution is 8.00. The molecule has 1 nitrogen and oxygen atoms in total. The highest BCUT2D eigenvalue weighted by atomic mass is 32.2. The van der Waals surface area contributed by atoms with Gasteiger partial charge in [0.05, 0.1) is 25.4 Å². The highest BCUT2D eigenvalue weighted by Gasteiger charge is 2.20. The van der Waals surface area contributed by atoms with E-state index in [-0.39, 0.29) is 0 Å². The van der Waals surface area contributed by atoms with Crippen LogP contribution in [0.1, 0.15) is 26.7 Å². The Morgan fingerprint density at radius 1 is 1.45 bits per heavy atom. The van der Waals surface area contributed by atoms with Crippen molar-refractivity contribution >= 4 is 11.8 Å². The number of thioether (sulfide) groups is 1. The number of quaternary nitrogens is 1. The number of likely N-dealkylation sites (tertiary alicyclic amines) is 1. The van der Waals surface area contributed by atoms with E-state index in [0.29, 0.717) is 0 Å². The maximum absolute atomic E-state index is 2.31. The third-order valence-electron chi connectivity index (χ3n) is 2.17. The molecule has 1 N–H and O–H groups in total. The maximum Gasteiger partial charge on any atom is 0.0889 e. The molecule has 0 bridgehead atoms. The van der Waals surface area contributed by atoms with Gasteiger partial charge in [-0.1, -0.05) is 13.8 Å². The average Bonchev–Trinajstić information content (AvgIpc) is 1.85. The lowest BCUT2D eigenvalue weighted by molar-refractivity contribution is -0.883. The summed E-state index contributed by atoms with van der Waals surface area (Å²) in [6, 6.07) is 0. The van der Waals surface area contributed by atoms with Gasteiger partial charge in [0.2, 0.25) is 0 Å². The van der Waals surface area contributed by atoms with Crippen LogP contribution in [-0.2, 0) is 0 Å². The van der Waals surface area contributed by atoms with Gasteiger partial charge in [0.25, 0.3) is 0 Å². The molecular weight excluding hydrogens is 154 g/mol. The first-order valence-electron chi connectivity index (χ1n) is 4.65. The van der Waals surface area contributed by atoms with E-state index in [1.54, 1.807) is 4.90 Å². The van der Waals surface area contributed by atoms with Gasteiger partial charge in [-0.3, -0.25) is 0 Å². The van der Waals surface area contributed by atoms with Gasteiger partial charge in [-0.05, 0) is 18.1 Å². The maximum atomic E-state index is 2.31. The quantitative estimate of drug-likeness (QED) is 0.649. The Morgan fingerprint density at radius 3 is 2.73 bits per heavy atom. The number of rotatable bonds is 2. The molecule has 0 amide bonds. The molecule has 2 atom stereocenters. The van der Waals surface area contributed by atoms with E-state index in [2.05, 4.69) is 32.7 Å². The molecule has 1 rings (SSSR count). The van der Waals surface area contributed by atoms with Crippen molar-refractivity contribution in [3.8, 4) is 0 Å². The Balaban J connectivity index is 2.23. The summed E-state index contributed by atoms with van der Waals surface area (Å²) >= 11 is 2.16. The van der Waals surface area contributed by atoms with Gasteiger partial charge in [-0.25, -0.2) is 0 Å². The SMILES string of the molecule is CC(C)SC1CCC[NH+](C)C1. The first-order valence-corrected chi connectivity index (χ1v) is 5.59. The van der Waals surface area contributed by atoms with E-state index in [9.17, 15) is 0 Å². The predicted octanol–water partition coefficient (Wildman–Crippen LogP) is 0.805. The minimum absolute atomic E-state index is 0.811. The molecule has 11 heavy (non-hydrogen) atoms. The summed E-state index contributed by atoms with van der Waals surface area (Å²) in [6.07, 6.45) is 2.87. The van der Waals surface area contributed by atoms with Crippen LogP contribution < -0.4 is 4.90 Å². The van der Waals surface area contributed by atoms with Crippen LogP contribution in [0.3, 0.4) is 0 Å². The molecule has 0 aromatic heterocycles. The Bertz CT molecular complexity index is 112. The molecule has 2 unspecified atom stereocenters. The van der Waals surface area contributed by atoms with E-state index in [1.165, 1.54) is 25.9 Å². The number of piperidine rings is 1. The molecule has 1 aliphatic heterocycles. The van der Waals surface area contributed by atoms with Gasteiger partial charge >= 0.3 is 0 Å². The first kappa shape index (κ1) is 9.40. The van der Waals surface area contributed by atoms with Crippen molar-refractivity contribution in [1.29, 1.82) is 0 Å². The summed E-state index contributed by atoms with van der Waals surface area (Å²) in [5, 5.41) is 1.75. The van der Waals surface area contributed by atoms with Gasteiger partial charge < -0.3 is 4.90 Å². The molecule has 2 heteroatoms. The van der Waals surface area contributed by atoms with E-state index < -0.39 is 0 Å². The van der Waals surface area contributed by atoms with E-state index >= 15 is 0 Å². The van der Waals surface area contributed by atoms with Crippen molar-refractivity contribution < 1.29 is 4.90 Å².